The van der Waals surface area contributed by atoms with Gasteiger partial charge in [0.2, 0.25) is 5.91 Å². The molecule has 1 N–H and O–H groups in total. The highest BCUT2D eigenvalue weighted by atomic mass is 35.5. The molecule has 3 rings (SSSR count). The lowest BCUT2D eigenvalue weighted by atomic mass is 10.3. The number of halogens is 3. The monoisotopic (exact) mass is 466 g/mol. The van der Waals surface area contributed by atoms with Crippen molar-refractivity contribution in [3.63, 3.8) is 0 Å². The van der Waals surface area contributed by atoms with Crippen molar-refractivity contribution in [3.05, 3.63) is 83.4 Å². The molecule has 0 bridgehead atoms. The molecule has 0 aliphatic rings. The number of amides is 1. The normalized spacial score (nSPS) is 11.1. The summed E-state index contributed by atoms with van der Waals surface area (Å²) in [6, 6.07) is 13.3. The topological polar surface area (TPSA) is 75.7 Å². The van der Waals surface area contributed by atoms with E-state index >= 15 is 0 Å². The van der Waals surface area contributed by atoms with Gasteiger partial charge in [-0.15, -0.1) is 0 Å². The Bertz CT molecular complexity index is 1190. The SMILES string of the molecule is COc1ccc(Cl)cc1NC(=O)CN(c1ccc(F)cc1)S(=O)(=O)c1ccc(F)cc1. The Morgan fingerprint density at radius 3 is 2.16 bits per heavy atom. The van der Waals surface area contributed by atoms with Crippen LogP contribution < -0.4 is 14.4 Å². The fraction of sp³-hybridized carbons (Fsp3) is 0.0952. The van der Waals surface area contributed by atoms with Gasteiger partial charge in [0.05, 0.1) is 23.4 Å². The molecule has 6 nitrogen and oxygen atoms in total. The quantitative estimate of drug-likeness (QED) is 0.557. The van der Waals surface area contributed by atoms with E-state index in [1.807, 2.05) is 0 Å². The Labute approximate surface area is 183 Å². The first kappa shape index (κ1) is 22.5. The number of rotatable bonds is 7. The fourth-order valence-electron chi connectivity index (χ4n) is 2.75. The summed E-state index contributed by atoms with van der Waals surface area (Å²) >= 11 is 5.96. The van der Waals surface area contributed by atoms with Crippen molar-refractivity contribution in [2.75, 3.05) is 23.3 Å². The Balaban J connectivity index is 1.95. The summed E-state index contributed by atoms with van der Waals surface area (Å²) in [7, 11) is -2.86. The lowest BCUT2D eigenvalue weighted by Gasteiger charge is -2.24. The minimum atomic E-state index is -4.27. The number of nitrogens with zero attached hydrogens (tertiary/aromatic N) is 1. The van der Waals surface area contributed by atoms with Crippen molar-refractivity contribution in [1.82, 2.24) is 0 Å². The number of carbonyl (C=O) groups excluding carboxylic acids is 1. The fourth-order valence-corrected chi connectivity index (χ4v) is 4.35. The average molecular weight is 467 g/mol. The highest BCUT2D eigenvalue weighted by Gasteiger charge is 2.27. The van der Waals surface area contributed by atoms with Gasteiger partial charge in [-0.25, -0.2) is 17.2 Å². The first-order chi connectivity index (χ1) is 14.7. The maximum absolute atomic E-state index is 13.4. The molecule has 162 valence electrons. The predicted octanol–water partition coefficient (Wildman–Crippen LogP) is 4.46. The number of carbonyl (C=O) groups is 1. The zero-order chi connectivity index (χ0) is 22.6. The van der Waals surface area contributed by atoms with Gasteiger partial charge in [-0.3, -0.25) is 9.10 Å². The van der Waals surface area contributed by atoms with E-state index in [2.05, 4.69) is 5.32 Å². The van der Waals surface area contributed by atoms with Gasteiger partial charge in [0.25, 0.3) is 10.0 Å². The molecule has 10 heteroatoms. The largest absolute Gasteiger partial charge is 0.495 e. The second-order valence-electron chi connectivity index (χ2n) is 6.33. The molecule has 0 saturated heterocycles. The summed E-state index contributed by atoms with van der Waals surface area (Å²) in [4.78, 5) is 12.5. The van der Waals surface area contributed by atoms with E-state index in [0.717, 1.165) is 40.7 Å². The first-order valence-electron chi connectivity index (χ1n) is 8.88. The van der Waals surface area contributed by atoms with Crippen LogP contribution in [-0.4, -0.2) is 28.0 Å². The van der Waals surface area contributed by atoms with Gasteiger partial charge in [-0.05, 0) is 66.7 Å². The highest BCUT2D eigenvalue weighted by molar-refractivity contribution is 7.92. The van der Waals surface area contributed by atoms with Crippen LogP contribution in [-0.2, 0) is 14.8 Å². The Morgan fingerprint density at radius 2 is 1.58 bits per heavy atom. The van der Waals surface area contributed by atoms with Crippen molar-refractivity contribution in [1.29, 1.82) is 0 Å². The van der Waals surface area contributed by atoms with E-state index in [1.54, 1.807) is 12.1 Å². The van der Waals surface area contributed by atoms with Gasteiger partial charge < -0.3 is 10.1 Å². The minimum Gasteiger partial charge on any atom is -0.495 e. The van der Waals surface area contributed by atoms with E-state index in [0.29, 0.717) is 10.8 Å². The zero-order valence-corrected chi connectivity index (χ0v) is 17.8. The van der Waals surface area contributed by atoms with Crippen molar-refractivity contribution in [2.45, 2.75) is 4.90 Å². The lowest BCUT2D eigenvalue weighted by molar-refractivity contribution is -0.114. The molecule has 31 heavy (non-hydrogen) atoms. The van der Waals surface area contributed by atoms with Gasteiger partial charge >= 0.3 is 0 Å². The molecule has 0 spiro atoms. The van der Waals surface area contributed by atoms with Crippen LogP contribution in [0.2, 0.25) is 5.02 Å². The van der Waals surface area contributed by atoms with Gasteiger partial charge in [0.1, 0.15) is 23.9 Å². The minimum absolute atomic E-state index is 0.0546. The molecule has 3 aromatic rings. The maximum atomic E-state index is 13.4. The number of nitrogens with one attached hydrogen (secondary N) is 1. The molecule has 1 amide bonds. The third kappa shape index (κ3) is 5.31. The molecular formula is C21H17ClF2N2O4S. The standard InChI is InChI=1S/C21H17ClF2N2O4S/c1-30-20-11-2-14(22)12-19(20)25-21(27)13-26(17-7-3-15(23)4-8-17)31(28,29)18-9-5-16(24)6-10-18/h2-12H,13H2,1H3,(H,25,27). The van der Waals surface area contributed by atoms with Crippen LogP contribution in [0.25, 0.3) is 0 Å². The summed E-state index contributed by atoms with van der Waals surface area (Å²) in [5.74, 6) is -1.56. The Kier molecular flexibility index (Phi) is 6.77. The molecular weight excluding hydrogens is 450 g/mol. The van der Waals surface area contributed by atoms with Crippen LogP contribution in [0.4, 0.5) is 20.2 Å². The first-order valence-corrected chi connectivity index (χ1v) is 10.7. The smallest absolute Gasteiger partial charge is 0.264 e. The summed E-state index contributed by atoms with van der Waals surface area (Å²) < 4.78 is 59.0. The molecule has 0 aliphatic carbocycles. The summed E-state index contributed by atoms with van der Waals surface area (Å²) in [6.07, 6.45) is 0. The summed E-state index contributed by atoms with van der Waals surface area (Å²) in [6.45, 7) is -0.638. The van der Waals surface area contributed by atoms with Crippen LogP contribution in [0.15, 0.2) is 71.6 Å². The summed E-state index contributed by atoms with van der Waals surface area (Å²) in [5, 5.41) is 2.90. The van der Waals surface area contributed by atoms with Crippen LogP contribution in [0.1, 0.15) is 0 Å². The number of anilines is 2. The Hall–Kier alpha value is -3.17. The van der Waals surface area contributed by atoms with Crippen LogP contribution in [0.5, 0.6) is 5.75 Å². The average Bonchev–Trinajstić information content (AvgIpc) is 2.73. The second-order valence-corrected chi connectivity index (χ2v) is 8.63. The Morgan fingerprint density at radius 1 is 1.00 bits per heavy atom. The van der Waals surface area contributed by atoms with Crippen molar-refractivity contribution in [2.24, 2.45) is 0 Å². The van der Waals surface area contributed by atoms with Crippen molar-refractivity contribution in [3.8, 4) is 5.75 Å². The van der Waals surface area contributed by atoms with Gasteiger partial charge in [-0.2, -0.15) is 0 Å². The van der Waals surface area contributed by atoms with E-state index in [1.165, 1.54) is 25.3 Å². The molecule has 0 fully saturated rings. The van der Waals surface area contributed by atoms with Crippen LogP contribution in [0.3, 0.4) is 0 Å². The molecule has 0 unspecified atom stereocenters. The molecule has 0 saturated carbocycles. The molecule has 0 radical (unpaired) electrons. The molecule has 0 aromatic heterocycles. The second kappa shape index (κ2) is 9.32. The van der Waals surface area contributed by atoms with Crippen LogP contribution in [0, 0.1) is 11.6 Å². The number of hydrogen-bond acceptors (Lipinski definition) is 4. The number of methoxy groups -OCH3 is 1. The molecule has 3 aromatic carbocycles. The van der Waals surface area contributed by atoms with Crippen molar-refractivity contribution >= 4 is 38.9 Å². The van der Waals surface area contributed by atoms with E-state index in [4.69, 9.17) is 16.3 Å². The maximum Gasteiger partial charge on any atom is 0.264 e. The number of sulfonamides is 1. The number of ether oxygens (including phenoxy) is 1. The van der Waals surface area contributed by atoms with Crippen LogP contribution >= 0.6 is 11.6 Å². The molecule has 0 heterocycles. The van der Waals surface area contributed by atoms with E-state index < -0.39 is 34.1 Å². The number of benzene rings is 3. The van der Waals surface area contributed by atoms with Crippen molar-refractivity contribution < 1.29 is 26.7 Å². The molecule has 0 aliphatic heterocycles. The molecule has 0 atom stereocenters. The summed E-state index contributed by atoms with van der Waals surface area (Å²) in [5.41, 5.74) is 0.303. The highest BCUT2D eigenvalue weighted by Crippen LogP contribution is 2.28. The third-order valence-corrected chi connectivity index (χ3v) is 6.26. The van der Waals surface area contributed by atoms with Gasteiger partial charge in [-0.1, -0.05) is 11.6 Å². The van der Waals surface area contributed by atoms with Gasteiger partial charge in [0, 0.05) is 5.02 Å². The predicted molar refractivity (Wildman–Crippen MR) is 114 cm³/mol. The van der Waals surface area contributed by atoms with Gasteiger partial charge in [0.15, 0.2) is 0 Å². The number of hydrogen-bond donors (Lipinski definition) is 1. The third-order valence-electron chi connectivity index (χ3n) is 4.24. The van der Waals surface area contributed by atoms with E-state index in [9.17, 15) is 22.0 Å². The zero-order valence-electron chi connectivity index (χ0n) is 16.2. The lowest BCUT2D eigenvalue weighted by Crippen LogP contribution is -2.38. The van der Waals surface area contributed by atoms with E-state index in [-0.39, 0.29) is 16.3 Å².